The van der Waals surface area contributed by atoms with Gasteiger partial charge in [-0.1, -0.05) is 60.7 Å². The fourth-order valence-electron chi connectivity index (χ4n) is 3.10. The first-order valence-electron chi connectivity index (χ1n) is 8.99. The molecule has 4 nitrogen and oxygen atoms in total. The van der Waals surface area contributed by atoms with Gasteiger partial charge in [-0.3, -0.25) is 0 Å². The van der Waals surface area contributed by atoms with Crippen molar-refractivity contribution < 1.29 is 9.53 Å². The van der Waals surface area contributed by atoms with Crippen LogP contribution in [0.5, 0.6) is 0 Å². The lowest BCUT2D eigenvalue weighted by molar-refractivity contribution is 0.0663. The lowest BCUT2D eigenvalue weighted by Crippen LogP contribution is -2.41. The minimum atomic E-state index is -0.000743. The molecule has 1 aliphatic heterocycles. The summed E-state index contributed by atoms with van der Waals surface area (Å²) >= 11 is 0. The minimum Gasteiger partial charge on any atom is -0.381 e. The van der Waals surface area contributed by atoms with Crippen molar-refractivity contribution in [2.45, 2.75) is 25.9 Å². The molecule has 0 atom stereocenters. The smallest absolute Gasteiger partial charge is 0.318 e. The molecule has 2 aromatic rings. The van der Waals surface area contributed by atoms with Crippen LogP contribution in [-0.2, 0) is 17.8 Å². The predicted molar refractivity (Wildman–Crippen MR) is 99.1 cm³/mol. The van der Waals surface area contributed by atoms with Crippen LogP contribution in [0.1, 0.15) is 24.0 Å². The van der Waals surface area contributed by atoms with Crippen LogP contribution in [0, 0.1) is 5.92 Å². The van der Waals surface area contributed by atoms with Crippen LogP contribution in [0.4, 0.5) is 4.79 Å². The number of carbonyl (C=O) groups excluding carboxylic acids is 1. The molecule has 25 heavy (non-hydrogen) atoms. The molecule has 0 saturated carbocycles. The van der Waals surface area contributed by atoms with Gasteiger partial charge in [0.15, 0.2) is 0 Å². The summed E-state index contributed by atoms with van der Waals surface area (Å²) < 4.78 is 5.39. The number of amides is 2. The fraction of sp³-hybridized carbons (Fsp3) is 0.381. The number of nitrogens with one attached hydrogen (secondary N) is 1. The SMILES string of the molecule is O=C(NCC1CCOCC1)N(Cc1ccccc1)Cc1ccccc1. The van der Waals surface area contributed by atoms with Crippen LogP contribution in [0.2, 0.25) is 0 Å². The van der Waals surface area contributed by atoms with Gasteiger partial charge in [0, 0.05) is 32.8 Å². The summed E-state index contributed by atoms with van der Waals surface area (Å²) in [5.41, 5.74) is 2.28. The van der Waals surface area contributed by atoms with E-state index in [2.05, 4.69) is 29.6 Å². The lowest BCUT2D eigenvalue weighted by Gasteiger charge is -2.26. The van der Waals surface area contributed by atoms with E-state index in [9.17, 15) is 4.79 Å². The Balaban J connectivity index is 1.62. The molecule has 0 spiro atoms. The van der Waals surface area contributed by atoms with Crippen molar-refractivity contribution in [1.29, 1.82) is 0 Å². The second-order valence-corrected chi connectivity index (χ2v) is 6.57. The molecule has 2 aromatic carbocycles. The normalized spacial score (nSPS) is 14.9. The molecule has 1 aliphatic rings. The van der Waals surface area contributed by atoms with E-state index in [0.29, 0.717) is 19.0 Å². The number of hydrogen-bond acceptors (Lipinski definition) is 2. The van der Waals surface area contributed by atoms with Gasteiger partial charge in [-0.2, -0.15) is 0 Å². The lowest BCUT2D eigenvalue weighted by atomic mass is 10.0. The van der Waals surface area contributed by atoms with Gasteiger partial charge >= 0.3 is 6.03 Å². The average Bonchev–Trinajstić information content (AvgIpc) is 2.68. The molecule has 0 radical (unpaired) electrons. The zero-order valence-electron chi connectivity index (χ0n) is 14.6. The number of benzene rings is 2. The third-order valence-electron chi connectivity index (χ3n) is 4.60. The van der Waals surface area contributed by atoms with Gasteiger partial charge in [-0.15, -0.1) is 0 Å². The van der Waals surface area contributed by atoms with E-state index in [0.717, 1.165) is 43.7 Å². The van der Waals surface area contributed by atoms with Gasteiger partial charge < -0.3 is 15.0 Å². The van der Waals surface area contributed by atoms with E-state index in [4.69, 9.17) is 4.74 Å². The Kier molecular flexibility index (Phi) is 6.46. The molecule has 1 heterocycles. The first-order valence-corrected chi connectivity index (χ1v) is 8.99. The molecule has 0 aromatic heterocycles. The standard InChI is InChI=1S/C21H26N2O2/c24-21(22-15-18-11-13-25-14-12-18)23(16-19-7-3-1-4-8-19)17-20-9-5-2-6-10-20/h1-10,18H,11-17H2,(H,22,24). The summed E-state index contributed by atoms with van der Waals surface area (Å²) in [4.78, 5) is 14.7. The number of carbonyl (C=O) groups is 1. The Hall–Kier alpha value is -2.33. The highest BCUT2D eigenvalue weighted by Crippen LogP contribution is 2.14. The van der Waals surface area contributed by atoms with Crippen LogP contribution in [0.25, 0.3) is 0 Å². The van der Waals surface area contributed by atoms with Crippen LogP contribution >= 0.6 is 0 Å². The summed E-state index contributed by atoms with van der Waals surface area (Å²) in [6.45, 7) is 3.55. The third kappa shape index (κ3) is 5.61. The quantitative estimate of drug-likeness (QED) is 0.870. The van der Waals surface area contributed by atoms with Gasteiger partial charge in [0.2, 0.25) is 0 Å². The highest BCUT2D eigenvalue weighted by Gasteiger charge is 2.18. The van der Waals surface area contributed by atoms with Crippen molar-refractivity contribution in [2.75, 3.05) is 19.8 Å². The number of hydrogen-bond donors (Lipinski definition) is 1. The van der Waals surface area contributed by atoms with Crippen LogP contribution < -0.4 is 5.32 Å². The molecule has 0 unspecified atom stereocenters. The first kappa shape index (κ1) is 17.5. The molecule has 1 N–H and O–H groups in total. The molecular formula is C21H26N2O2. The Morgan fingerprint density at radius 1 is 0.920 bits per heavy atom. The Bertz CT molecular complexity index is 598. The monoisotopic (exact) mass is 338 g/mol. The molecule has 0 bridgehead atoms. The van der Waals surface area contributed by atoms with E-state index in [1.165, 1.54) is 0 Å². The van der Waals surface area contributed by atoms with E-state index >= 15 is 0 Å². The molecule has 1 fully saturated rings. The highest BCUT2D eigenvalue weighted by atomic mass is 16.5. The molecule has 1 saturated heterocycles. The van der Waals surface area contributed by atoms with Crippen molar-refractivity contribution in [1.82, 2.24) is 10.2 Å². The highest BCUT2D eigenvalue weighted by molar-refractivity contribution is 5.74. The molecule has 132 valence electrons. The van der Waals surface area contributed by atoms with Crippen LogP contribution in [0.3, 0.4) is 0 Å². The van der Waals surface area contributed by atoms with E-state index in [1.807, 2.05) is 41.3 Å². The van der Waals surface area contributed by atoms with Gasteiger partial charge in [0.05, 0.1) is 0 Å². The number of rotatable bonds is 6. The average molecular weight is 338 g/mol. The van der Waals surface area contributed by atoms with Crippen molar-refractivity contribution >= 4 is 6.03 Å². The summed E-state index contributed by atoms with van der Waals surface area (Å²) in [6.07, 6.45) is 2.05. The number of urea groups is 1. The van der Waals surface area contributed by atoms with Gasteiger partial charge in [0.25, 0.3) is 0 Å². The van der Waals surface area contributed by atoms with Crippen LogP contribution in [-0.4, -0.2) is 30.7 Å². The molecule has 3 rings (SSSR count). The van der Waals surface area contributed by atoms with Crippen molar-refractivity contribution in [2.24, 2.45) is 5.92 Å². The third-order valence-corrected chi connectivity index (χ3v) is 4.60. The second kappa shape index (κ2) is 9.23. The summed E-state index contributed by atoms with van der Waals surface area (Å²) in [6, 6.07) is 20.3. The maximum Gasteiger partial charge on any atom is 0.318 e. The minimum absolute atomic E-state index is 0.000743. The largest absolute Gasteiger partial charge is 0.381 e. The summed E-state index contributed by atoms with van der Waals surface area (Å²) in [7, 11) is 0. The zero-order chi connectivity index (χ0) is 17.3. The zero-order valence-corrected chi connectivity index (χ0v) is 14.6. The summed E-state index contributed by atoms with van der Waals surface area (Å²) in [5, 5.41) is 3.12. The summed E-state index contributed by atoms with van der Waals surface area (Å²) in [5.74, 6) is 0.521. The van der Waals surface area contributed by atoms with E-state index < -0.39 is 0 Å². The first-order chi connectivity index (χ1) is 12.3. The van der Waals surface area contributed by atoms with Crippen molar-refractivity contribution in [3.8, 4) is 0 Å². The van der Waals surface area contributed by atoms with Crippen LogP contribution in [0.15, 0.2) is 60.7 Å². The van der Waals surface area contributed by atoms with E-state index in [1.54, 1.807) is 0 Å². The maximum atomic E-state index is 12.8. The number of nitrogens with zero attached hydrogens (tertiary/aromatic N) is 1. The number of ether oxygens (including phenoxy) is 1. The topological polar surface area (TPSA) is 41.6 Å². The molecular weight excluding hydrogens is 312 g/mol. The Morgan fingerprint density at radius 2 is 1.44 bits per heavy atom. The van der Waals surface area contributed by atoms with Crippen molar-refractivity contribution in [3.63, 3.8) is 0 Å². The molecule has 4 heteroatoms. The Morgan fingerprint density at radius 3 is 1.96 bits per heavy atom. The van der Waals surface area contributed by atoms with Crippen molar-refractivity contribution in [3.05, 3.63) is 71.8 Å². The maximum absolute atomic E-state index is 12.8. The fourth-order valence-corrected chi connectivity index (χ4v) is 3.10. The van der Waals surface area contributed by atoms with E-state index in [-0.39, 0.29) is 6.03 Å². The van der Waals surface area contributed by atoms with Gasteiger partial charge in [-0.05, 0) is 29.9 Å². The predicted octanol–water partition coefficient (Wildman–Crippen LogP) is 3.83. The molecule has 2 amide bonds. The Labute approximate surface area is 149 Å². The van der Waals surface area contributed by atoms with Gasteiger partial charge in [-0.25, -0.2) is 4.79 Å². The molecule has 0 aliphatic carbocycles. The van der Waals surface area contributed by atoms with Gasteiger partial charge in [0.1, 0.15) is 0 Å². The second-order valence-electron chi connectivity index (χ2n) is 6.57.